The number of hydrogen-bond acceptors (Lipinski definition) is 9. The molecular weight excluding hydrogens is 728 g/mol. The van der Waals surface area contributed by atoms with Gasteiger partial charge in [0.1, 0.15) is 0 Å². The zero-order chi connectivity index (χ0) is 31.5. The maximum absolute atomic E-state index is 14.3. The number of alkyl halides is 3. The molecule has 3 aromatic rings. The van der Waals surface area contributed by atoms with Gasteiger partial charge in [0.15, 0.2) is 28.6 Å². The SMILES string of the molecule is CCOC(=O)COc1c(I)cc(/C=c2\sc3n(c2=O)[C@H](c2ccc(Cl)cc2)C(C(=O)OCC)=C(C(F)(F)F)N=3)cc1OC. The van der Waals surface area contributed by atoms with Crippen LogP contribution in [0.5, 0.6) is 11.5 Å². The molecule has 0 saturated heterocycles. The van der Waals surface area contributed by atoms with E-state index in [1.165, 1.54) is 44.4 Å². The third-order valence-corrected chi connectivity index (χ3v) is 8.01. The lowest BCUT2D eigenvalue weighted by Crippen LogP contribution is -2.41. The van der Waals surface area contributed by atoms with E-state index < -0.39 is 41.0 Å². The predicted molar refractivity (Wildman–Crippen MR) is 160 cm³/mol. The number of benzene rings is 2. The first kappa shape index (κ1) is 32.5. The summed E-state index contributed by atoms with van der Waals surface area (Å²) in [6.07, 6.45) is -3.56. The number of aromatic nitrogens is 1. The van der Waals surface area contributed by atoms with E-state index in [9.17, 15) is 27.6 Å². The van der Waals surface area contributed by atoms with E-state index in [4.69, 9.17) is 30.5 Å². The Morgan fingerprint density at radius 2 is 1.81 bits per heavy atom. The highest BCUT2D eigenvalue weighted by molar-refractivity contribution is 14.1. The van der Waals surface area contributed by atoms with Gasteiger partial charge in [0, 0.05) is 5.02 Å². The number of hydrogen-bond donors (Lipinski definition) is 0. The summed E-state index contributed by atoms with van der Waals surface area (Å²) in [7, 11) is 1.39. The second kappa shape index (κ2) is 13.5. The first-order valence-corrected chi connectivity index (χ1v) is 14.9. The Morgan fingerprint density at radius 1 is 1.14 bits per heavy atom. The van der Waals surface area contributed by atoms with E-state index in [0.29, 0.717) is 14.2 Å². The molecule has 4 rings (SSSR count). The molecular formula is C28H23ClF3IN2O7S. The average Bonchev–Trinajstić information content (AvgIpc) is 3.26. The van der Waals surface area contributed by atoms with Crippen LogP contribution in [0.25, 0.3) is 6.08 Å². The third kappa shape index (κ3) is 7.07. The van der Waals surface area contributed by atoms with Crippen LogP contribution >= 0.6 is 45.5 Å². The summed E-state index contributed by atoms with van der Waals surface area (Å²) in [5, 5.41) is 0.312. The minimum absolute atomic E-state index is 0.0439. The number of rotatable bonds is 9. The van der Waals surface area contributed by atoms with Gasteiger partial charge in [-0.25, -0.2) is 14.6 Å². The Balaban J connectivity index is 1.90. The Labute approximate surface area is 265 Å². The number of esters is 2. The number of halogens is 5. The zero-order valence-corrected chi connectivity index (χ0v) is 26.5. The predicted octanol–water partition coefficient (Wildman–Crippen LogP) is 4.55. The van der Waals surface area contributed by atoms with Gasteiger partial charge in [-0.2, -0.15) is 13.2 Å². The van der Waals surface area contributed by atoms with Crippen molar-refractivity contribution >= 4 is 63.5 Å². The van der Waals surface area contributed by atoms with Gasteiger partial charge >= 0.3 is 18.1 Å². The number of carbonyl (C=O) groups excluding carboxylic acids is 2. The summed E-state index contributed by atoms with van der Waals surface area (Å²) in [5.74, 6) is -1.30. The quantitative estimate of drug-likeness (QED) is 0.234. The minimum atomic E-state index is -5.02. The molecule has 0 bridgehead atoms. The summed E-state index contributed by atoms with van der Waals surface area (Å²) in [5.41, 5.74) is -2.27. The van der Waals surface area contributed by atoms with E-state index in [2.05, 4.69) is 4.99 Å². The van der Waals surface area contributed by atoms with Crippen molar-refractivity contribution in [1.82, 2.24) is 4.57 Å². The molecule has 2 aromatic carbocycles. The molecule has 15 heteroatoms. The molecule has 0 saturated carbocycles. The van der Waals surface area contributed by atoms with Gasteiger partial charge in [-0.05, 0) is 77.9 Å². The molecule has 1 aromatic heterocycles. The fourth-order valence-corrected chi connectivity index (χ4v) is 6.16. The van der Waals surface area contributed by atoms with Crippen molar-refractivity contribution in [3.05, 3.63) is 87.1 Å². The molecule has 0 spiro atoms. The Morgan fingerprint density at radius 3 is 2.42 bits per heavy atom. The summed E-state index contributed by atoms with van der Waals surface area (Å²) in [4.78, 5) is 42.0. The Bertz CT molecular complexity index is 1770. The summed E-state index contributed by atoms with van der Waals surface area (Å²) in [6, 6.07) is 7.47. The van der Waals surface area contributed by atoms with E-state index in [1.807, 2.05) is 22.6 Å². The van der Waals surface area contributed by atoms with Crippen molar-refractivity contribution in [1.29, 1.82) is 0 Å². The van der Waals surface area contributed by atoms with Crippen molar-refractivity contribution in [2.45, 2.75) is 26.1 Å². The van der Waals surface area contributed by atoms with Crippen molar-refractivity contribution in [3.63, 3.8) is 0 Å². The van der Waals surface area contributed by atoms with Crippen LogP contribution < -0.4 is 24.4 Å². The maximum atomic E-state index is 14.3. The first-order chi connectivity index (χ1) is 20.4. The standard InChI is InChI=1S/C28H23ClF3IN2O7S/c1-4-40-20(36)13-42-23-17(33)10-14(11-18(23)39-3)12-19-25(37)35-22(15-6-8-16(29)9-7-15)21(26(38)41-5-2)24(28(30,31)32)34-27(35)43-19/h6-12,22H,4-5,13H2,1-3H3/b19-12-/t22-/m1/s1. The lowest BCUT2D eigenvalue weighted by molar-refractivity contribution is -0.145. The number of carbonyl (C=O) groups is 2. The fraction of sp³-hybridized carbons (Fsp3) is 0.286. The van der Waals surface area contributed by atoms with Crippen molar-refractivity contribution < 1.29 is 41.7 Å². The number of fused-ring (bicyclic) bond motifs is 1. The van der Waals surface area contributed by atoms with Crippen LogP contribution in [-0.2, 0) is 19.1 Å². The van der Waals surface area contributed by atoms with E-state index in [0.717, 1.165) is 15.9 Å². The number of thiazole rings is 1. The minimum Gasteiger partial charge on any atom is -0.493 e. The lowest BCUT2D eigenvalue weighted by Gasteiger charge is -2.26. The molecule has 0 fully saturated rings. The van der Waals surface area contributed by atoms with E-state index in [1.54, 1.807) is 19.1 Å². The first-order valence-electron chi connectivity index (χ1n) is 12.6. The number of methoxy groups -OCH3 is 1. The molecule has 0 unspecified atom stereocenters. The monoisotopic (exact) mass is 750 g/mol. The molecule has 0 aliphatic carbocycles. The number of ether oxygens (including phenoxy) is 4. The molecule has 2 heterocycles. The molecule has 0 radical (unpaired) electrons. The average molecular weight is 751 g/mol. The molecule has 9 nitrogen and oxygen atoms in total. The van der Waals surface area contributed by atoms with Crippen LogP contribution in [-0.4, -0.2) is 49.6 Å². The van der Waals surface area contributed by atoms with Crippen LogP contribution in [0.15, 0.2) is 57.5 Å². The van der Waals surface area contributed by atoms with Gasteiger partial charge in [0.25, 0.3) is 5.56 Å². The molecule has 1 aliphatic heterocycles. The summed E-state index contributed by atoms with van der Waals surface area (Å²) >= 11 is 8.70. The van der Waals surface area contributed by atoms with E-state index in [-0.39, 0.29) is 46.2 Å². The van der Waals surface area contributed by atoms with Crippen molar-refractivity contribution in [2.75, 3.05) is 26.9 Å². The van der Waals surface area contributed by atoms with Crippen LogP contribution in [0, 0.1) is 3.57 Å². The summed E-state index contributed by atoms with van der Waals surface area (Å²) in [6.45, 7) is 2.77. The van der Waals surface area contributed by atoms with Gasteiger partial charge in [-0.1, -0.05) is 35.1 Å². The topological polar surface area (TPSA) is 105 Å². The molecule has 1 aliphatic rings. The smallest absolute Gasteiger partial charge is 0.434 e. The molecule has 1 atom stereocenters. The van der Waals surface area contributed by atoms with Gasteiger partial charge in [-0.15, -0.1) is 0 Å². The van der Waals surface area contributed by atoms with Gasteiger partial charge in [0.05, 0.1) is 40.0 Å². The molecule has 43 heavy (non-hydrogen) atoms. The lowest BCUT2D eigenvalue weighted by atomic mass is 9.95. The largest absolute Gasteiger partial charge is 0.493 e. The van der Waals surface area contributed by atoms with Gasteiger partial charge in [0.2, 0.25) is 0 Å². The second-order valence-corrected chi connectivity index (χ2v) is 11.4. The Kier molecular flexibility index (Phi) is 10.2. The van der Waals surface area contributed by atoms with Crippen molar-refractivity contribution in [3.8, 4) is 11.5 Å². The van der Waals surface area contributed by atoms with Gasteiger partial charge < -0.3 is 18.9 Å². The second-order valence-electron chi connectivity index (χ2n) is 8.74. The van der Waals surface area contributed by atoms with Crippen LogP contribution in [0.4, 0.5) is 13.2 Å². The van der Waals surface area contributed by atoms with E-state index >= 15 is 0 Å². The molecule has 0 amide bonds. The highest BCUT2D eigenvalue weighted by Crippen LogP contribution is 2.39. The number of allylic oxidation sites excluding steroid dienone is 1. The molecule has 228 valence electrons. The molecule has 0 N–H and O–H groups in total. The van der Waals surface area contributed by atoms with Crippen LogP contribution in [0.1, 0.15) is 31.0 Å². The highest BCUT2D eigenvalue weighted by atomic mass is 127. The third-order valence-electron chi connectivity index (χ3n) is 5.97. The number of nitrogens with zero attached hydrogens (tertiary/aromatic N) is 2. The summed E-state index contributed by atoms with van der Waals surface area (Å²) < 4.78 is 65.3. The Hall–Kier alpha value is -3.37. The fourth-order valence-electron chi connectivity index (χ4n) is 4.25. The zero-order valence-electron chi connectivity index (χ0n) is 22.8. The van der Waals surface area contributed by atoms with Crippen LogP contribution in [0.3, 0.4) is 0 Å². The normalized spacial score (nSPS) is 15.1. The van der Waals surface area contributed by atoms with Crippen molar-refractivity contribution in [2.24, 2.45) is 4.99 Å². The van der Waals surface area contributed by atoms with Crippen LogP contribution in [0.2, 0.25) is 5.02 Å². The van der Waals surface area contributed by atoms with Gasteiger partial charge in [-0.3, -0.25) is 9.36 Å². The highest BCUT2D eigenvalue weighted by Gasteiger charge is 2.45. The maximum Gasteiger partial charge on any atom is 0.434 e.